The van der Waals surface area contributed by atoms with E-state index >= 15 is 0 Å². The summed E-state index contributed by atoms with van der Waals surface area (Å²) in [5, 5.41) is 0.588. The summed E-state index contributed by atoms with van der Waals surface area (Å²) in [7, 11) is 0. The summed E-state index contributed by atoms with van der Waals surface area (Å²) in [6, 6.07) is 0. The smallest absolute Gasteiger partial charge is 0.216 e. The van der Waals surface area contributed by atoms with Crippen LogP contribution in [0.5, 0.6) is 0 Å². The molecule has 0 amide bonds. The first-order chi connectivity index (χ1) is 6.09. The predicted molar refractivity (Wildman–Crippen MR) is 59.9 cm³/mol. The second kappa shape index (κ2) is 3.35. The molecule has 0 bridgehead atoms. The first-order valence-corrected chi connectivity index (χ1v) is 5.74. The molecule has 0 atom stereocenters. The van der Waals surface area contributed by atoms with E-state index in [1.165, 1.54) is 0 Å². The van der Waals surface area contributed by atoms with Crippen molar-refractivity contribution in [1.29, 1.82) is 0 Å². The fraction of sp³-hybridized carbons (Fsp3) is 0.143. The zero-order valence-electron chi connectivity index (χ0n) is 6.44. The molecule has 0 aliphatic rings. The Morgan fingerprint density at radius 1 is 1.31 bits per heavy atom. The number of nitrogens with zero attached hydrogens (tertiary/aromatic N) is 2. The lowest BCUT2D eigenvalue weighted by atomic mass is 10.4. The molecule has 2 aromatic rings. The van der Waals surface area contributed by atoms with E-state index in [1.807, 2.05) is 6.92 Å². The minimum Gasteiger partial charge on any atom is -0.216 e. The molecular formula is C7H3BrCl2N2S. The van der Waals surface area contributed by atoms with Crippen LogP contribution in [0.4, 0.5) is 0 Å². The van der Waals surface area contributed by atoms with E-state index in [4.69, 9.17) is 23.2 Å². The van der Waals surface area contributed by atoms with Gasteiger partial charge >= 0.3 is 0 Å². The Hall–Kier alpha value is 0.1000. The van der Waals surface area contributed by atoms with Crippen molar-refractivity contribution in [2.24, 2.45) is 0 Å². The second-order valence-electron chi connectivity index (χ2n) is 2.43. The van der Waals surface area contributed by atoms with Crippen LogP contribution in [-0.4, -0.2) is 9.97 Å². The summed E-state index contributed by atoms with van der Waals surface area (Å²) < 4.78 is 1.81. The Morgan fingerprint density at radius 3 is 2.69 bits per heavy atom. The van der Waals surface area contributed by atoms with E-state index in [0.29, 0.717) is 5.15 Å². The topological polar surface area (TPSA) is 25.8 Å². The molecule has 0 aromatic carbocycles. The van der Waals surface area contributed by atoms with Gasteiger partial charge in [0.25, 0.3) is 0 Å². The van der Waals surface area contributed by atoms with Crippen molar-refractivity contribution < 1.29 is 0 Å². The maximum absolute atomic E-state index is 5.90. The molecule has 2 aromatic heterocycles. The number of rotatable bonds is 0. The Balaban J connectivity index is 2.94. The Bertz CT molecular complexity index is 483. The number of aromatic nitrogens is 2. The average molecular weight is 298 g/mol. The van der Waals surface area contributed by atoms with Crippen LogP contribution >= 0.6 is 50.5 Å². The monoisotopic (exact) mass is 296 g/mol. The largest absolute Gasteiger partial charge is 0.224 e. The molecule has 0 fully saturated rings. The van der Waals surface area contributed by atoms with Crippen molar-refractivity contribution in [3.8, 4) is 0 Å². The normalized spacial score (nSPS) is 11.1. The highest BCUT2D eigenvalue weighted by molar-refractivity contribution is 9.10. The minimum atomic E-state index is 0.177. The highest BCUT2D eigenvalue weighted by Crippen LogP contribution is 2.37. The van der Waals surface area contributed by atoms with Crippen LogP contribution in [-0.2, 0) is 0 Å². The number of aryl methyl sites for hydroxylation is 1. The van der Waals surface area contributed by atoms with Gasteiger partial charge in [-0.15, -0.1) is 11.3 Å². The number of fused-ring (bicyclic) bond motifs is 1. The van der Waals surface area contributed by atoms with E-state index in [-0.39, 0.29) is 5.28 Å². The zero-order chi connectivity index (χ0) is 9.59. The number of halogens is 3. The van der Waals surface area contributed by atoms with Gasteiger partial charge in [-0.25, -0.2) is 9.97 Å². The predicted octanol–water partition coefficient (Wildman–Crippen LogP) is 4.07. The summed E-state index contributed by atoms with van der Waals surface area (Å²) in [6.45, 7) is 1.99. The van der Waals surface area contributed by atoms with Crippen molar-refractivity contribution in [3.05, 3.63) is 19.8 Å². The van der Waals surface area contributed by atoms with E-state index in [0.717, 1.165) is 19.6 Å². The van der Waals surface area contributed by atoms with Gasteiger partial charge in [-0.05, 0) is 34.5 Å². The molecule has 0 saturated heterocycles. The van der Waals surface area contributed by atoms with Crippen molar-refractivity contribution in [1.82, 2.24) is 9.97 Å². The lowest BCUT2D eigenvalue weighted by Crippen LogP contribution is -1.82. The minimum absolute atomic E-state index is 0.177. The standard InChI is InChI=1S/C7H3BrCl2N2S/c1-2-3(8)4-5(13-2)6(9)12-7(10)11-4/h1H3. The van der Waals surface area contributed by atoms with Gasteiger partial charge in [0.15, 0.2) is 5.15 Å². The molecule has 13 heavy (non-hydrogen) atoms. The van der Waals surface area contributed by atoms with Gasteiger partial charge in [-0.2, -0.15) is 0 Å². The summed E-state index contributed by atoms with van der Waals surface area (Å²) in [6.07, 6.45) is 0. The third kappa shape index (κ3) is 1.56. The Morgan fingerprint density at radius 2 is 2.00 bits per heavy atom. The van der Waals surface area contributed by atoms with E-state index in [2.05, 4.69) is 25.9 Å². The lowest BCUT2D eigenvalue weighted by molar-refractivity contribution is 1.23. The highest BCUT2D eigenvalue weighted by atomic mass is 79.9. The number of hydrogen-bond donors (Lipinski definition) is 0. The summed E-state index contributed by atoms with van der Waals surface area (Å²) >= 11 is 16.6. The van der Waals surface area contributed by atoms with Crippen LogP contribution < -0.4 is 0 Å². The molecule has 0 N–H and O–H groups in total. The van der Waals surface area contributed by atoms with Crippen LogP contribution in [0.1, 0.15) is 4.88 Å². The molecule has 0 saturated carbocycles. The first-order valence-electron chi connectivity index (χ1n) is 3.37. The van der Waals surface area contributed by atoms with Crippen LogP contribution in [0.2, 0.25) is 10.4 Å². The zero-order valence-corrected chi connectivity index (χ0v) is 10.4. The Kier molecular flexibility index (Phi) is 2.49. The van der Waals surface area contributed by atoms with Crippen LogP contribution in [0.3, 0.4) is 0 Å². The van der Waals surface area contributed by atoms with Crippen LogP contribution in [0.25, 0.3) is 10.2 Å². The molecule has 68 valence electrons. The van der Waals surface area contributed by atoms with E-state index in [1.54, 1.807) is 11.3 Å². The number of hydrogen-bond acceptors (Lipinski definition) is 3. The molecule has 6 heteroatoms. The first kappa shape index (κ1) is 9.65. The maximum atomic E-state index is 5.90. The summed E-state index contributed by atoms with van der Waals surface area (Å²) in [5.41, 5.74) is 0.785. The van der Waals surface area contributed by atoms with Gasteiger partial charge in [0.2, 0.25) is 5.28 Å². The second-order valence-corrected chi connectivity index (χ2v) is 5.15. The number of thiophene rings is 1. The van der Waals surface area contributed by atoms with Crippen molar-refractivity contribution in [2.45, 2.75) is 6.92 Å². The fourth-order valence-corrected chi connectivity index (χ4v) is 3.03. The van der Waals surface area contributed by atoms with Gasteiger partial charge in [-0.1, -0.05) is 11.6 Å². The summed E-state index contributed by atoms with van der Waals surface area (Å²) in [5.74, 6) is 0. The molecule has 0 aliphatic carbocycles. The van der Waals surface area contributed by atoms with E-state index in [9.17, 15) is 0 Å². The van der Waals surface area contributed by atoms with Gasteiger partial charge in [0.05, 0.1) is 9.17 Å². The molecule has 0 unspecified atom stereocenters. The van der Waals surface area contributed by atoms with Crippen LogP contribution in [0, 0.1) is 6.92 Å². The fourth-order valence-electron chi connectivity index (χ4n) is 1.00. The molecular weight excluding hydrogens is 295 g/mol. The van der Waals surface area contributed by atoms with Gasteiger partial charge < -0.3 is 0 Å². The molecule has 2 rings (SSSR count). The SMILES string of the molecule is Cc1sc2c(Cl)nc(Cl)nc2c1Br. The van der Waals surface area contributed by atoms with E-state index < -0.39 is 0 Å². The van der Waals surface area contributed by atoms with Gasteiger partial charge in [0.1, 0.15) is 5.52 Å². The molecule has 2 heterocycles. The van der Waals surface area contributed by atoms with Crippen molar-refractivity contribution >= 4 is 60.7 Å². The third-order valence-corrected chi connectivity index (χ3v) is 4.46. The van der Waals surface area contributed by atoms with Crippen LogP contribution in [0.15, 0.2) is 4.47 Å². The average Bonchev–Trinajstić information content (AvgIpc) is 2.32. The quantitative estimate of drug-likeness (QED) is 0.541. The highest BCUT2D eigenvalue weighted by Gasteiger charge is 2.12. The van der Waals surface area contributed by atoms with Crippen molar-refractivity contribution in [2.75, 3.05) is 0 Å². The van der Waals surface area contributed by atoms with Gasteiger partial charge in [0, 0.05) is 4.88 Å². The third-order valence-electron chi connectivity index (χ3n) is 1.57. The molecule has 0 radical (unpaired) electrons. The Labute approximate surface area is 97.0 Å². The summed E-state index contributed by atoms with van der Waals surface area (Å²) in [4.78, 5) is 9.07. The maximum Gasteiger partial charge on any atom is 0.224 e. The molecule has 2 nitrogen and oxygen atoms in total. The molecule has 0 spiro atoms. The lowest BCUT2D eigenvalue weighted by Gasteiger charge is -1.93. The van der Waals surface area contributed by atoms with Gasteiger partial charge in [-0.3, -0.25) is 0 Å². The van der Waals surface area contributed by atoms with Crippen molar-refractivity contribution in [3.63, 3.8) is 0 Å². The molecule has 0 aliphatic heterocycles.